The van der Waals surface area contributed by atoms with Crippen molar-refractivity contribution in [2.75, 3.05) is 5.32 Å². The summed E-state index contributed by atoms with van der Waals surface area (Å²) in [5.41, 5.74) is 1.37. The van der Waals surface area contributed by atoms with Crippen molar-refractivity contribution < 1.29 is 13.2 Å². The van der Waals surface area contributed by atoms with Gasteiger partial charge in [0.05, 0.1) is 5.69 Å². The Kier molecular flexibility index (Phi) is 4.65. The molecular weight excluding hydrogens is 344 g/mol. The predicted octanol–water partition coefficient (Wildman–Crippen LogP) is 3.40. The zero-order chi connectivity index (χ0) is 14.5. The Bertz CT molecular complexity index is 745. The number of benzene rings is 2. The average Bonchev–Trinajstić information content (AvgIpc) is 2.41. The molecular formula is C13H9BrN2O3S. The van der Waals surface area contributed by atoms with Gasteiger partial charge in [0.25, 0.3) is 5.91 Å². The lowest BCUT2D eigenvalue weighted by atomic mass is 10.2. The van der Waals surface area contributed by atoms with Gasteiger partial charge in [-0.25, -0.2) is 0 Å². The Morgan fingerprint density at radius 3 is 2.15 bits per heavy atom. The minimum Gasteiger partial charge on any atom is -0.322 e. The zero-order valence-electron chi connectivity index (χ0n) is 10.1. The van der Waals surface area contributed by atoms with Crippen LogP contribution in [0.1, 0.15) is 10.4 Å². The van der Waals surface area contributed by atoms with Crippen molar-refractivity contribution in [2.45, 2.75) is 0 Å². The van der Waals surface area contributed by atoms with Crippen LogP contribution in [0.4, 0.5) is 11.4 Å². The molecule has 0 fully saturated rings. The minimum atomic E-state index is -2.50. The van der Waals surface area contributed by atoms with Crippen molar-refractivity contribution in [2.24, 2.45) is 4.36 Å². The highest BCUT2D eigenvalue weighted by molar-refractivity contribution is 9.10. The van der Waals surface area contributed by atoms with Gasteiger partial charge in [-0.05, 0) is 48.5 Å². The van der Waals surface area contributed by atoms with Crippen LogP contribution in [0, 0.1) is 0 Å². The van der Waals surface area contributed by atoms with Crippen LogP contribution in [0.25, 0.3) is 0 Å². The van der Waals surface area contributed by atoms with E-state index in [4.69, 9.17) is 0 Å². The fraction of sp³-hybridized carbons (Fsp3) is 0. The van der Waals surface area contributed by atoms with Gasteiger partial charge in [-0.1, -0.05) is 15.9 Å². The van der Waals surface area contributed by atoms with Gasteiger partial charge in [-0.2, -0.15) is 8.42 Å². The van der Waals surface area contributed by atoms with Crippen molar-refractivity contribution in [3.63, 3.8) is 0 Å². The molecule has 2 aromatic carbocycles. The molecule has 1 N–H and O–H groups in total. The summed E-state index contributed by atoms with van der Waals surface area (Å²) in [6.45, 7) is 0. The predicted molar refractivity (Wildman–Crippen MR) is 79.5 cm³/mol. The molecule has 2 rings (SSSR count). The summed E-state index contributed by atoms with van der Waals surface area (Å²) in [7, 11) is -2.50. The Hall–Kier alpha value is -1.99. The molecule has 20 heavy (non-hydrogen) atoms. The SMILES string of the molecule is O=C(Nc1ccc(Br)cc1)c1ccc(N=S(=O)=O)cc1. The number of rotatable bonds is 3. The number of carbonyl (C=O) groups is 1. The first-order chi connectivity index (χ1) is 9.54. The van der Waals surface area contributed by atoms with Gasteiger partial charge < -0.3 is 5.32 Å². The van der Waals surface area contributed by atoms with Crippen LogP contribution < -0.4 is 5.32 Å². The van der Waals surface area contributed by atoms with Crippen LogP contribution in [-0.4, -0.2) is 14.3 Å². The molecule has 0 heterocycles. The summed E-state index contributed by atoms with van der Waals surface area (Å²) in [6, 6.07) is 13.1. The molecule has 0 spiro atoms. The number of nitrogens with zero attached hydrogens (tertiary/aromatic N) is 1. The maximum atomic E-state index is 12.0. The third-order valence-electron chi connectivity index (χ3n) is 2.41. The molecule has 5 nitrogen and oxygen atoms in total. The van der Waals surface area contributed by atoms with Gasteiger partial charge in [0.2, 0.25) is 0 Å². The highest BCUT2D eigenvalue weighted by Gasteiger charge is 2.05. The summed E-state index contributed by atoms with van der Waals surface area (Å²) in [4.78, 5) is 12.0. The second kappa shape index (κ2) is 6.44. The van der Waals surface area contributed by atoms with E-state index in [-0.39, 0.29) is 11.6 Å². The number of amides is 1. The van der Waals surface area contributed by atoms with Crippen molar-refractivity contribution in [1.82, 2.24) is 0 Å². The largest absolute Gasteiger partial charge is 0.322 e. The van der Waals surface area contributed by atoms with Crippen molar-refractivity contribution in [1.29, 1.82) is 0 Å². The van der Waals surface area contributed by atoms with Crippen LogP contribution in [0.2, 0.25) is 0 Å². The molecule has 0 aliphatic heterocycles. The highest BCUT2D eigenvalue weighted by atomic mass is 79.9. The molecule has 0 unspecified atom stereocenters. The third kappa shape index (κ3) is 4.01. The van der Waals surface area contributed by atoms with Gasteiger partial charge in [0, 0.05) is 15.7 Å². The monoisotopic (exact) mass is 352 g/mol. The molecule has 2 aromatic rings. The first-order valence-corrected chi connectivity index (χ1v) is 7.35. The quantitative estimate of drug-likeness (QED) is 0.919. The van der Waals surface area contributed by atoms with E-state index in [0.29, 0.717) is 11.3 Å². The summed E-state index contributed by atoms with van der Waals surface area (Å²) >= 11 is 3.31. The minimum absolute atomic E-state index is 0.276. The molecule has 0 atom stereocenters. The number of anilines is 1. The lowest BCUT2D eigenvalue weighted by Gasteiger charge is -2.05. The summed E-state index contributed by atoms with van der Waals surface area (Å²) in [5, 5.41) is 2.73. The molecule has 102 valence electrons. The standard InChI is InChI=1S/C13H9BrN2O3S/c14-10-3-7-11(8-4-10)15-13(17)9-1-5-12(6-2-9)16-20(18)19/h1-8H,(H,15,17). The van der Waals surface area contributed by atoms with E-state index in [1.807, 2.05) is 12.1 Å². The van der Waals surface area contributed by atoms with E-state index < -0.39 is 10.5 Å². The number of hydrogen-bond acceptors (Lipinski definition) is 4. The molecule has 1 amide bonds. The topological polar surface area (TPSA) is 75.6 Å². The summed E-state index contributed by atoms with van der Waals surface area (Å²) < 4.78 is 25.1. The third-order valence-corrected chi connectivity index (χ3v) is 3.30. The maximum absolute atomic E-state index is 12.0. The first kappa shape index (κ1) is 14.4. The second-order valence-corrected chi connectivity index (χ2v) is 5.35. The molecule has 0 bridgehead atoms. The lowest BCUT2D eigenvalue weighted by Crippen LogP contribution is -2.11. The van der Waals surface area contributed by atoms with Crippen molar-refractivity contribution in [3.8, 4) is 0 Å². The van der Waals surface area contributed by atoms with Crippen LogP contribution in [0.5, 0.6) is 0 Å². The molecule has 0 saturated carbocycles. The van der Waals surface area contributed by atoms with E-state index >= 15 is 0 Å². The summed E-state index contributed by atoms with van der Waals surface area (Å²) in [5.74, 6) is -0.276. The molecule has 7 heteroatoms. The number of carbonyl (C=O) groups excluding carboxylic acids is 1. The van der Waals surface area contributed by atoms with Gasteiger partial charge in [0.1, 0.15) is 0 Å². The smallest absolute Gasteiger partial charge is 0.316 e. The van der Waals surface area contributed by atoms with Crippen molar-refractivity contribution in [3.05, 3.63) is 58.6 Å². The molecule has 0 aromatic heterocycles. The highest BCUT2D eigenvalue weighted by Crippen LogP contribution is 2.16. The van der Waals surface area contributed by atoms with Gasteiger partial charge in [-0.15, -0.1) is 4.36 Å². The Labute approximate surface area is 125 Å². The average molecular weight is 353 g/mol. The van der Waals surface area contributed by atoms with Gasteiger partial charge in [-0.3, -0.25) is 4.79 Å². The number of halogens is 1. The zero-order valence-corrected chi connectivity index (χ0v) is 12.5. The number of hydrogen-bond donors (Lipinski definition) is 1. The lowest BCUT2D eigenvalue weighted by molar-refractivity contribution is 0.102. The van der Waals surface area contributed by atoms with E-state index in [1.54, 1.807) is 12.1 Å². The summed E-state index contributed by atoms with van der Waals surface area (Å²) in [6.07, 6.45) is 0. The van der Waals surface area contributed by atoms with E-state index in [2.05, 4.69) is 25.6 Å². The fourth-order valence-corrected chi connectivity index (χ4v) is 2.05. The van der Waals surface area contributed by atoms with E-state index in [0.717, 1.165) is 4.47 Å². The van der Waals surface area contributed by atoms with Gasteiger partial charge >= 0.3 is 10.5 Å². The van der Waals surface area contributed by atoms with Crippen LogP contribution in [0.3, 0.4) is 0 Å². The Morgan fingerprint density at radius 2 is 1.60 bits per heavy atom. The molecule has 0 aliphatic rings. The number of nitrogens with one attached hydrogen (secondary N) is 1. The van der Waals surface area contributed by atoms with Crippen LogP contribution in [0.15, 0.2) is 57.4 Å². The molecule has 0 radical (unpaired) electrons. The maximum Gasteiger partial charge on any atom is 0.316 e. The molecule has 0 aliphatic carbocycles. The molecule has 0 saturated heterocycles. The second-order valence-electron chi connectivity index (χ2n) is 3.82. The Balaban J connectivity index is 2.13. The first-order valence-electron chi connectivity index (χ1n) is 5.53. The van der Waals surface area contributed by atoms with Crippen LogP contribution in [-0.2, 0) is 10.5 Å². The van der Waals surface area contributed by atoms with E-state index in [9.17, 15) is 13.2 Å². The van der Waals surface area contributed by atoms with Gasteiger partial charge in [0.15, 0.2) is 0 Å². The van der Waals surface area contributed by atoms with Crippen LogP contribution >= 0.6 is 15.9 Å². The Morgan fingerprint density at radius 1 is 1.00 bits per heavy atom. The van der Waals surface area contributed by atoms with Crippen molar-refractivity contribution >= 4 is 43.7 Å². The normalized spacial score (nSPS) is 9.85. The van der Waals surface area contributed by atoms with E-state index in [1.165, 1.54) is 24.3 Å². The fourth-order valence-electron chi connectivity index (χ4n) is 1.50.